The molecule has 1 unspecified atom stereocenters. The van der Waals surface area contributed by atoms with E-state index in [4.69, 9.17) is 4.99 Å². The number of amidine groups is 1. The quantitative estimate of drug-likeness (QED) is 0.700. The van der Waals surface area contributed by atoms with E-state index in [1.165, 1.54) is 0 Å². The molecule has 2 aliphatic heterocycles. The van der Waals surface area contributed by atoms with Gasteiger partial charge in [-0.25, -0.2) is 0 Å². The Morgan fingerprint density at radius 3 is 2.21 bits per heavy atom. The van der Waals surface area contributed by atoms with Crippen molar-refractivity contribution in [3.8, 4) is 0 Å². The molecule has 0 spiro atoms. The average Bonchev–Trinajstić information content (AvgIpc) is 2.51. The van der Waals surface area contributed by atoms with E-state index in [0.29, 0.717) is 5.92 Å². The zero-order valence-electron chi connectivity index (χ0n) is 13.3. The van der Waals surface area contributed by atoms with E-state index in [2.05, 4.69) is 58.0 Å². The van der Waals surface area contributed by atoms with Crippen molar-refractivity contribution in [1.82, 2.24) is 4.90 Å². The minimum Gasteiger partial charge on any atom is -0.308 e. The van der Waals surface area contributed by atoms with E-state index in [-0.39, 0.29) is 11.1 Å². The normalized spacial score (nSPS) is 27.4. The topological polar surface area (TPSA) is 28.0 Å². The SMILES string of the molecule is CC.CC(C)C1(C)C=CN2C=CC(C)(C)N=CC2=N1. The van der Waals surface area contributed by atoms with Crippen molar-refractivity contribution in [2.45, 2.75) is 59.5 Å². The maximum Gasteiger partial charge on any atom is 0.150 e. The standard InChI is InChI=1S/C14H21N3.C2H6/c1-11(2)14(5)7-9-17-8-6-13(3,4)15-10-12(17)16-14;1-2/h6-11H,1-5H3;1-2H3. The molecular weight excluding hydrogens is 234 g/mol. The number of rotatable bonds is 1. The summed E-state index contributed by atoms with van der Waals surface area (Å²) in [4.78, 5) is 11.4. The number of fused-ring (bicyclic) bond motifs is 1. The number of hydrogen-bond acceptors (Lipinski definition) is 3. The summed E-state index contributed by atoms with van der Waals surface area (Å²) in [5, 5.41) is 0. The monoisotopic (exact) mass is 261 g/mol. The molecule has 0 aliphatic carbocycles. The molecule has 0 aromatic rings. The summed E-state index contributed by atoms with van der Waals surface area (Å²) >= 11 is 0. The van der Waals surface area contributed by atoms with Crippen LogP contribution in [0.4, 0.5) is 0 Å². The van der Waals surface area contributed by atoms with Gasteiger partial charge in [-0.15, -0.1) is 0 Å². The van der Waals surface area contributed by atoms with Crippen LogP contribution in [0.15, 0.2) is 34.5 Å². The first-order valence-electron chi connectivity index (χ1n) is 7.15. The molecular formula is C16H27N3. The highest BCUT2D eigenvalue weighted by Gasteiger charge is 2.29. The molecule has 0 radical (unpaired) electrons. The molecule has 0 fully saturated rings. The molecule has 0 N–H and O–H groups in total. The third-order valence-electron chi connectivity index (χ3n) is 3.52. The van der Waals surface area contributed by atoms with Crippen LogP contribution in [0.1, 0.15) is 48.5 Å². The summed E-state index contributed by atoms with van der Waals surface area (Å²) in [6.45, 7) is 14.7. The van der Waals surface area contributed by atoms with Crippen molar-refractivity contribution >= 4 is 12.1 Å². The van der Waals surface area contributed by atoms with Gasteiger partial charge in [0.25, 0.3) is 0 Å². The van der Waals surface area contributed by atoms with E-state index in [0.717, 1.165) is 5.84 Å². The van der Waals surface area contributed by atoms with Gasteiger partial charge in [-0.1, -0.05) is 27.7 Å². The lowest BCUT2D eigenvalue weighted by Gasteiger charge is -2.32. The highest BCUT2D eigenvalue weighted by molar-refractivity contribution is 6.30. The molecule has 3 heteroatoms. The molecule has 19 heavy (non-hydrogen) atoms. The minimum atomic E-state index is -0.151. The predicted molar refractivity (Wildman–Crippen MR) is 84.7 cm³/mol. The summed E-state index contributed by atoms with van der Waals surface area (Å²) in [6, 6.07) is 0. The first-order valence-corrected chi connectivity index (χ1v) is 7.15. The Balaban J connectivity index is 0.000000861. The van der Waals surface area contributed by atoms with Crippen molar-refractivity contribution in [3.63, 3.8) is 0 Å². The Labute approximate surface area is 117 Å². The first kappa shape index (κ1) is 15.7. The van der Waals surface area contributed by atoms with Gasteiger partial charge in [-0.05, 0) is 38.8 Å². The Morgan fingerprint density at radius 2 is 1.63 bits per heavy atom. The van der Waals surface area contributed by atoms with E-state index in [1.807, 2.05) is 31.2 Å². The van der Waals surface area contributed by atoms with Gasteiger partial charge in [0.15, 0.2) is 5.84 Å². The Bertz CT molecular complexity index is 427. The first-order chi connectivity index (χ1) is 8.82. The maximum absolute atomic E-state index is 4.82. The van der Waals surface area contributed by atoms with Crippen LogP contribution in [0.3, 0.4) is 0 Å². The largest absolute Gasteiger partial charge is 0.308 e. The van der Waals surface area contributed by atoms with Gasteiger partial charge in [-0.2, -0.15) is 0 Å². The molecule has 0 aromatic carbocycles. The summed E-state index contributed by atoms with van der Waals surface area (Å²) in [5.41, 5.74) is -0.276. The van der Waals surface area contributed by atoms with Crippen LogP contribution >= 0.6 is 0 Å². The Kier molecular flexibility index (Phi) is 4.72. The third-order valence-corrected chi connectivity index (χ3v) is 3.52. The Morgan fingerprint density at radius 1 is 1.05 bits per heavy atom. The molecule has 1 atom stereocenters. The van der Waals surface area contributed by atoms with Gasteiger partial charge < -0.3 is 4.90 Å². The van der Waals surface area contributed by atoms with Gasteiger partial charge in [0.1, 0.15) is 0 Å². The second-order valence-electron chi connectivity index (χ2n) is 5.80. The van der Waals surface area contributed by atoms with Crippen LogP contribution in [-0.2, 0) is 0 Å². The molecule has 0 saturated heterocycles. The fourth-order valence-electron chi connectivity index (χ4n) is 1.72. The van der Waals surface area contributed by atoms with Crippen LogP contribution in [0.2, 0.25) is 0 Å². The molecule has 2 aliphatic rings. The fraction of sp³-hybridized carbons (Fsp3) is 0.625. The maximum atomic E-state index is 4.82. The summed E-state index contributed by atoms with van der Waals surface area (Å²) in [7, 11) is 0. The van der Waals surface area contributed by atoms with Crippen LogP contribution < -0.4 is 0 Å². The molecule has 0 amide bonds. The Hall–Kier alpha value is -1.38. The number of hydrogen-bond donors (Lipinski definition) is 0. The lowest BCUT2D eigenvalue weighted by atomic mass is 9.88. The zero-order valence-corrected chi connectivity index (χ0v) is 13.3. The lowest BCUT2D eigenvalue weighted by molar-refractivity contribution is 0.408. The molecule has 106 valence electrons. The molecule has 3 nitrogen and oxygen atoms in total. The van der Waals surface area contributed by atoms with Crippen molar-refractivity contribution < 1.29 is 0 Å². The number of aliphatic imine (C=N–C) groups is 2. The van der Waals surface area contributed by atoms with Crippen LogP contribution in [0.25, 0.3) is 0 Å². The fourth-order valence-corrected chi connectivity index (χ4v) is 1.72. The van der Waals surface area contributed by atoms with Gasteiger partial charge >= 0.3 is 0 Å². The average molecular weight is 261 g/mol. The van der Waals surface area contributed by atoms with Crippen molar-refractivity contribution in [2.24, 2.45) is 15.9 Å². The van der Waals surface area contributed by atoms with E-state index in [9.17, 15) is 0 Å². The summed E-state index contributed by atoms with van der Waals surface area (Å²) in [6.07, 6.45) is 10.3. The lowest BCUT2D eigenvalue weighted by Crippen LogP contribution is -2.36. The second kappa shape index (κ2) is 5.72. The van der Waals surface area contributed by atoms with Crippen LogP contribution in [0.5, 0.6) is 0 Å². The number of nitrogens with zero attached hydrogens (tertiary/aromatic N) is 3. The van der Waals surface area contributed by atoms with Crippen molar-refractivity contribution in [3.05, 3.63) is 24.6 Å². The van der Waals surface area contributed by atoms with Gasteiger partial charge in [-0.3, -0.25) is 9.98 Å². The van der Waals surface area contributed by atoms with Crippen molar-refractivity contribution in [1.29, 1.82) is 0 Å². The zero-order chi connectivity index (χ0) is 14.7. The molecule has 0 saturated carbocycles. The molecule has 0 aromatic heterocycles. The third kappa shape index (κ3) is 3.55. The molecule has 2 heterocycles. The second-order valence-corrected chi connectivity index (χ2v) is 5.80. The van der Waals surface area contributed by atoms with Crippen LogP contribution in [-0.4, -0.2) is 28.0 Å². The summed E-state index contributed by atoms with van der Waals surface area (Å²) in [5.74, 6) is 1.40. The molecule has 2 rings (SSSR count). The van der Waals surface area contributed by atoms with Gasteiger partial charge in [0, 0.05) is 12.4 Å². The van der Waals surface area contributed by atoms with E-state index in [1.54, 1.807) is 0 Å². The highest BCUT2D eigenvalue weighted by Crippen LogP contribution is 2.28. The minimum absolute atomic E-state index is 0.125. The van der Waals surface area contributed by atoms with Gasteiger partial charge in [0.2, 0.25) is 0 Å². The molecule has 0 bridgehead atoms. The van der Waals surface area contributed by atoms with Crippen molar-refractivity contribution in [2.75, 3.05) is 0 Å². The smallest absolute Gasteiger partial charge is 0.150 e. The van der Waals surface area contributed by atoms with E-state index < -0.39 is 0 Å². The summed E-state index contributed by atoms with van der Waals surface area (Å²) < 4.78 is 0. The van der Waals surface area contributed by atoms with Gasteiger partial charge in [0.05, 0.1) is 17.3 Å². The highest BCUT2D eigenvalue weighted by atomic mass is 15.2. The van der Waals surface area contributed by atoms with Crippen LogP contribution in [0, 0.1) is 5.92 Å². The van der Waals surface area contributed by atoms with E-state index >= 15 is 0 Å². The predicted octanol–water partition coefficient (Wildman–Crippen LogP) is 4.03.